The predicted molar refractivity (Wildman–Crippen MR) is 36.2 cm³/mol. The minimum atomic E-state index is -4.54. The molecule has 0 fully saturated rings. The van der Waals surface area contributed by atoms with E-state index in [-0.39, 0.29) is 12.0 Å². The zero-order valence-corrected chi connectivity index (χ0v) is 6.40. The Balaban J connectivity index is 2.56. The van der Waals surface area contributed by atoms with E-state index in [1.165, 1.54) is 0 Å². The van der Waals surface area contributed by atoms with Crippen molar-refractivity contribution in [2.75, 3.05) is 0 Å². The van der Waals surface area contributed by atoms with Gasteiger partial charge in [0.1, 0.15) is 0 Å². The maximum absolute atomic E-state index is 12.2. The molecule has 2 rings (SSSR count). The highest BCUT2D eigenvalue weighted by Crippen LogP contribution is 2.34. The molecule has 0 amide bonds. The number of nitrogens with one attached hydrogen (secondary N) is 1. The molecule has 1 aromatic heterocycles. The molecule has 0 saturated heterocycles. The largest absolute Gasteiger partial charge is 0.435 e. The number of Topliss-reactive ketones (excluding diaryl/α,β-unsaturated/α-hetero) is 1. The summed E-state index contributed by atoms with van der Waals surface area (Å²) in [6, 6.07) is 0. The average Bonchev–Trinajstić information content (AvgIpc) is 2.51. The molecule has 1 N–H and O–H groups in total. The second-order valence-electron chi connectivity index (χ2n) is 2.85. The molecule has 0 spiro atoms. The summed E-state index contributed by atoms with van der Waals surface area (Å²) < 4.78 is 36.6. The first kappa shape index (κ1) is 8.28. The van der Waals surface area contributed by atoms with Gasteiger partial charge in [-0.25, -0.2) is 0 Å². The van der Waals surface area contributed by atoms with Crippen molar-refractivity contribution in [1.29, 1.82) is 0 Å². The first-order valence-corrected chi connectivity index (χ1v) is 3.68. The Hall–Kier alpha value is -1.33. The molecule has 6 heteroatoms. The zero-order valence-electron chi connectivity index (χ0n) is 6.40. The highest BCUT2D eigenvalue weighted by molar-refractivity contribution is 6.01. The van der Waals surface area contributed by atoms with Gasteiger partial charge in [-0.05, 0) is 6.42 Å². The number of fused-ring (bicyclic) bond motifs is 1. The zero-order chi connectivity index (χ0) is 9.64. The van der Waals surface area contributed by atoms with Crippen molar-refractivity contribution < 1.29 is 18.0 Å². The lowest BCUT2D eigenvalue weighted by Crippen LogP contribution is -2.10. The maximum Gasteiger partial charge on any atom is 0.435 e. The van der Waals surface area contributed by atoms with Gasteiger partial charge in [0.25, 0.3) is 0 Å². The number of alkyl halides is 3. The third-order valence-electron chi connectivity index (χ3n) is 1.99. The molecule has 1 aromatic rings. The Morgan fingerprint density at radius 1 is 1.31 bits per heavy atom. The number of aryl methyl sites for hydroxylation is 1. The smallest absolute Gasteiger partial charge is 0.294 e. The van der Waals surface area contributed by atoms with E-state index in [1.807, 2.05) is 0 Å². The van der Waals surface area contributed by atoms with Crippen LogP contribution in [0.4, 0.5) is 13.2 Å². The van der Waals surface area contributed by atoms with E-state index in [4.69, 9.17) is 0 Å². The van der Waals surface area contributed by atoms with E-state index in [0.717, 1.165) is 0 Å². The van der Waals surface area contributed by atoms with E-state index >= 15 is 0 Å². The summed E-state index contributed by atoms with van der Waals surface area (Å²) in [6.07, 6.45) is -4.06. The number of carbonyl (C=O) groups excluding carboxylic acids is 1. The van der Waals surface area contributed by atoms with E-state index in [2.05, 4.69) is 10.2 Å². The molecule has 0 aliphatic heterocycles. The molecule has 0 unspecified atom stereocenters. The molecule has 13 heavy (non-hydrogen) atoms. The van der Waals surface area contributed by atoms with Crippen LogP contribution in [0, 0.1) is 0 Å². The van der Waals surface area contributed by atoms with Crippen molar-refractivity contribution >= 4 is 5.78 Å². The van der Waals surface area contributed by atoms with E-state index in [1.54, 1.807) is 0 Å². The quantitative estimate of drug-likeness (QED) is 0.674. The van der Waals surface area contributed by atoms with Crippen LogP contribution in [0.2, 0.25) is 0 Å². The van der Waals surface area contributed by atoms with Gasteiger partial charge in [-0.2, -0.15) is 18.3 Å². The summed E-state index contributed by atoms with van der Waals surface area (Å²) in [5.41, 5.74) is -1.05. The third-order valence-corrected chi connectivity index (χ3v) is 1.99. The van der Waals surface area contributed by atoms with E-state index in [0.29, 0.717) is 12.1 Å². The number of halogens is 3. The van der Waals surface area contributed by atoms with Gasteiger partial charge in [-0.15, -0.1) is 0 Å². The maximum atomic E-state index is 12.2. The standard InChI is InChI=1S/C7H5F3N2O/c8-7(9,10)6-5-3(11-12-6)1-2-4(5)13/h1-2H2,(H,11,12). The summed E-state index contributed by atoms with van der Waals surface area (Å²) in [5.74, 6) is -0.476. The molecular formula is C7H5F3N2O. The molecule has 0 atom stereocenters. The van der Waals surface area contributed by atoms with Crippen LogP contribution in [0.15, 0.2) is 0 Å². The third kappa shape index (κ3) is 1.13. The molecule has 0 bridgehead atoms. The van der Waals surface area contributed by atoms with Gasteiger partial charge in [0.2, 0.25) is 0 Å². The molecular weight excluding hydrogens is 185 g/mol. The number of hydrogen-bond acceptors (Lipinski definition) is 2. The minimum absolute atomic E-state index is 0.146. The number of H-pyrrole nitrogens is 1. The van der Waals surface area contributed by atoms with Crippen LogP contribution in [0.5, 0.6) is 0 Å². The summed E-state index contributed by atoms with van der Waals surface area (Å²) in [6.45, 7) is 0. The monoisotopic (exact) mass is 190 g/mol. The first-order chi connectivity index (χ1) is 6.00. The SMILES string of the molecule is O=C1CCc2[nH]nc(C(F)(F)F)c21. The van der Waals surface area contributed by atoms with Gasteiger partial charge in [0.05, 0.1) is 5.56 Å². The average molecular weight is 190 g/mol. The number of rotatable bonds is 0. The molecule has 1 aliphatic carbocycles. The van der Waals surface area contributed by atoms with Gasteiger partial charge < -0.3 is 0 Å². The second-order valence-corrected chi connectivity index (χ2v) is 2.85. The van der Waals surface area contributed by atoms with Crippen LogP contribution in [-0.2, 0) is 12.6 Å². The molecule has 1 aliphatic rings. The van der Waals surface area contributed by atoms with Crippen LogP contribution in [0.1, 0.15) is 28.2 Å². The Bertz CT molecular complexity index is 366. The Labute approximate surface area is 70.9 Å². The van der Waals surface area contributed by atoms with Crippen molar-refractivity contribution in [1.82, 2.24) is 10.2 Å². The lowest BCUT2D eigenvalue weighted by atomic mass is 10.2. The van der Waals surface area contributed by atoms with Crippen molar-refractivity contribution in [3.63, 3.8) is 0 Å². The van der Waals surface area contributed by atoms with Crippen LogP contribution in [0.25, 0.3) is 0 Å². The molecule has 0 radical (unpaired) electrons. The highest BCUT2D eigenvalue weighted by Gasteiger charge is 2.41. The van der Waals surface area contributed by atoms with E-state index < -0.39 is 17.7 Å². The summed E-state index contributed by atoms with van der Waals surface area (Å²) in [7, 11) is 0. The lowest BCUT2D eigenvalue weighted by Gasteiger charge is -2.02. The fraction of sp³-hybridized carbons (Fsp3) is 0.429. The second kappa shape index (κ2) is 2.34. The topological polar surface area (TPSA) is 45.8 Å². The number of hydrogen-bond donors (Lipinski definition) is 1. The summed E-state index contributed by atoms with van der Waals surface area (Å²) in [5, 5.41) is 5.32. The van der Waals surface area contributed by atoms with Gasteiger partial charge in [-0.3, -0.25) is 9.89 Å². The van der Waals surface area contributed by atoms with Crippen LogP contribution < -0.4 is 0 Å². The number of carbonyl (C=O) groups is 1. The first-order valence-electron chi connectivity index (χ1n) is 3.68. The fourth-order valence-electron chi connectivity index (χ4n) is 1.43. The fourth-order valence-corrected chi connectivity index (χ4v) is 1.43. The molecule has 0 saturated carbocycles. The number of ketones is 1. The Morgan fingerprint density at radius 3 is 2.62 bits per heavy atom. The lowest BCUT2D eigenvalue weighted by molar-refractivity contribution is -0.141. The summed E-state index contributed by atoms with van der Waals surface area (Å²) >= 11 is 0. The number of aromatic nitrogens is 2. The van der Waals surface area contributed by atoms with Crippen LogP contribution >= 0.6 is 0 Å². The molecule has 1 heterocycles. The Kier molecular flexibility index (Phi) is 1.49. The van der Waals surface area contributed by atoms with Crippen molar-refractivity contribution in [3.05, 3.63) is 17.0 Å². The van der Waals surface area contributed by atoms with Crippen LogP contribution in [0.3, 0.4) is 0 Å². The normalized spacial score (nSPS) is 16.4. The van der Waals surface area contributed by atoms with Crippen molar-refractivity contribution in [2.45, 2.75) is 19.0 Å². The number of aromatic amines is 1. The van der Waals surface area contributed by atoms with Crippen LogP contribution in [-0.4, -0.2) is 16.0 Å². The predicted octanol–water partition coefficient (Wildman–Crippen LogP) is 1.56. The molecule has 70 valence electrons. The van der Waals surface area contributed by atoms with Gasteiger partial charge >= 0.3 is 6.18 Å². The van der Waals surface area contributed by atoms with Gasteiger partial charge in [-0.1, -0.05) is 0 Å². The molecule has 3 nitrogen and oxygen atoms in total. The molecule has 0 aromatic carbocycles. The Morgan fingerprint density at radius 2 is 2.00 bits per heavy atom. The number of nitrogens with zero attached hydrogens (tertiary/aromatic N) is 1. The van der Waals surface area contributed by atoms with Gasteiger partial charge in [0.15, 0.2) is 11.5 Å². The van der Waals surface area contributed by atoms with Crippen molar-refractivity contribution in [3.8, 4) is 0 Å². The van der Waals surface area contributed by atoms with Crippen molar-refractivity contribution in [2.24, 2.45) is 0 Å². The van der Waals surface area contributed by atoms with Gasteiger partial charge in [0, 0.05) is 12.1 Å². The summed E-state index contributed by atoms with van der Waals surface area (Å²) in [4.78, 5) is 11.0. The minimum Gasteiger partial charge on any atom is -0.294 e. The highest BCUT2D eigenvalue weighted by atomic mass is 19.4. The van der Waals surface area contributed by atoms with E-state index in [9.17, 15) is 18.0 Å².